The summed E-state index contributed by atoms with van der Waals surface area (Å²) >= 11 is 0. The number of benzene rings is 2. The molecule has 0 aliphatic heterocycles. The van der Waals surface area contributed by atoms with Crippen LogP contribution in [0.3, 0.4) is 0 Å². The van der Waals surface area contributed by atoms with Crippen molar-refractivity contribution in [3.8, 4) is 5.75 Å². The van der Waals surface area contributed by atoms with Gasteiger partial charge in [0, 0.05) is 12.1 Å². The Hall–Kier alpha value is -2.66. The molecule has 3 rings (SSSR count). The molecule has 0 unspecified atom stereocenters. The largest absolute Gasteiger partial charge is 0.494 e. The van der Waals surface area contributed by atoms with Crippen LogP contribution in [0.1, 0.15) is 29.8 Å². The molecule has 0 saturated heterocycles. The van der Waals surface area contributed by atoms with Crippen LogP contribution in [0.15, 0.2) is 59.0 Å². The highest BCUT2D eigenvalue weighted by atomic mass is 16.5. The number of nitrogens with zero attached hydrogens (tertiary/aromatic N) is 3. The lowest BCUT2D eigenvalue weighted by atomic mass is 10.2. The third-order valence-corrected chi connectivity index (χ3v) is 3.82. The summed E-state index contributed by atoms with van der Waals surface area (Å²) in [7, 11) is 2.03. The maximum Gasteiger partial charge on any atom is 0.230 e. The highest BCUT2D eigenvalue weighted by molar-refractivity contribution is 5.33. The molecule has 0 saturated carbocycles. The SMILES string of the molecule is CCOc1ccccc1CN(C)Cc1nnc(Cc2ccccc2)o1. The standard InChI is InChI=1S/C20H23N3O2/c1-3-24-18-12-8-7-11-17(18)14-23(2)15-20-22-21-19(25-20)13-16-9-5-4-6-10-16/h4-12H,3,13-15H2,1-2H3. The Labute approximate surface area is 148 Å². The third-order valence-electron chi connectivity index (χ3n) is 3.82. The summed E-state index contributed by atoms with van der Waals surface area (Å²) in [5.41, 5.74) is 2.31. The number of para-hydroxylation sites is 1. The van der Waals surface area contributed by atoms with Gasteiger partial charge in [0.2, 0.25) is 11.8 Å². The molecule has 1 heterocycles. The van der Waals surface area contributed by atoms with E-state index in [1.165, 1.54) is 0 Å². The van der Waals surface area contributed by atoms with Gasteiger partial charge in [-0.05, 0) is 25.6 Å². The summed E-state index contributed by atoms with van der Waals surface area (Å²) in [4.78, 5) is 2.14. The van der Waals surface area contributed by atoms with Gasteiger partial charge in [0.25, 0.3) is 0 Å². The predicted molar refractivity (Wildman–Crippen MR) is 96.3 cm³/mol. The van der Waals surface area contributed by atoms with Gasteiger partial charge in [-0.3, -0.25) is 4.90 Å². The van der Waals surface area contributed by atoms with E-state index in [1.54, 1.807) is 0 Å². The molecule has 5 heteroatoms. The Kier molecular flexibility index (Phi) is 5.80. The molecule has 0 bridgehead atoms. The van der Waals surface area contributed by atoms with Crippen LogP contribution in [0, 0.1) is 0 Å². The number of rotatable bonds is 8. The van der Waals surface area contributed by atoms with Crippen LogP contribution >= 0.6 is 0 Å². The highest BCUT2D eigenvalue weighted by Crippen LogP contribution is 2.20. The average Bonchev–Trinajstić information content (AvgIpc) is 3.04. The molecule has 0 N–H and O–H groups in total. The summed E-state index contributed by atoms with van der Waals surface area (Å²) < 4.78 is 11.5. The Balaban J connectivity index is 1.59. The topological polar surface area (TPSA) is 51.4 Å². The Morgan fingerprint density at radius 1 is 0.920 bits per heavy atom. The van der Waals surface area contributed by atoms with Crippen molar-refractivity contribution in [2.45, 2.75) is 26.4 Å². The third kappa shape index (κ3) is 4.90. The fourth-order valence-corrected chi connectivity index (χ4v) is 2.70. The van der Waals surface area contributed by atoms with Crippen molar-refractivity contribution in [3.63, 3.8) is 0 Å². The minimum absolute atomic E-state index is 0.599. The zero-order chi connectivity index (χ0) is 17.5. The predicted octanol–water partition coefficient (Wildman–Crippen LogP) is 3.69. The Bertz CT molecular complexity index is 786. The van der Waals surface area contributed by atoms with Crippen molar-refractivity contribution < 1.29 is 9.15 Å². The van der Waals surface area contributed by atoms with Gasteiger partial charge in [0.15, 0.2) is 0 Å². The van der Waals surface area contributed by atoms with Crippen LogP contribution in [-0.4, -0.2) is 28.8 Å². The maximum absolute atomic E-state index is 5.78. The Morgan fingerprint density at radius 2 is 1.64 bits per heavy atom. The van der Waals surface area contributed by atoms with E-state index in [1.807, 2.05) is 50.4 Å². The van der Waals surface area contributed by atoms with Gasteiger partial charge in [-0.15, -0.1) is 10.2 Å². The van der Waals surface area contributed by atoms with Crippen LogP contribution in [0.2, 0.25) is 0 Å². The molecule has 5 nitrogen and oxygen atoms in total. The lowest BCUT2D eigenvalue weighted by Gasteiger charge is -2.17. The molecule has 0 fully saturated rings. The molecule has 3 aromatic rings. The molecule has 0 amide bonds. The second-order valence-electron chi connectivity index (χ2n) is 5.96. The van der Waals surface area contributed by atoms with E-state index in [4.69, 9.17) is 9.15 Å². The van der Waals surface area contributed by atoms with Gasteiger partial charge in [-0.25, -0.2) is 0 Å². The molecular formula is C20H23N3O2. The van der Waals surface area contributed by atoms with Crippen molar-refractivity contribution in [2.75, 3.05) is 13.7 Å². The smallest absolute Gasteiger partial charge is 0.230 e. The Morgan fingerprint density at radius 3 is 2.44 bits per heavy atom. The number of hydrogen-bond donors (Lipinski definition) is 0. The summed E-state index contributed by atoms with van der Waals surface area (Å²) in [6.07, 6.45) is 0.657. The summed E-state index contributed by atoms with van der Waals surface area (Å²) in [6, 6.07) is 18.2. The highest BCUT2D eigenvalue weighted by Gasteiger charge is 2.11. The molecule has 0 spiro atoms. The summed E-state index contributed by atoms with van der Waals surface area (Å²) in [5, 5.41) is 8.31. The van der Waals surface area contributed by atoms with Gasteiger partial charge in [-0.1, -0.05) is 48.5 Å². The maximum atomic E-state index is 5.78. The van der Waals surface area contributed by atoms with Crippen LogP contribution in [0.5, 0.6) is 5.75 Å². The van der Waals surface area contributed by atoms with Crippen molar-refractivity contribution >= 4 is 0 Å². The summed E-state index contributed by atoms with van der Waals surface area (Å²) in [6.45, 7) is 4.01. The number of ether oxygens (including phenoxy) is 1. The summed E-state index contributed by atoms with van der Waals surface area (Å²) in [5.74, 6) is 2.19. The van der Waals surface area contributed by atoms with Crippen LogP contribution in [-0.2, 0) is 19.5 Å². The van der Waals surface area contributed by atoms with E-state index in [0.29, 0.717) is 31.4 Å². The fourth-order valence-electron chi connectivity index (χ4n) is 2.70. The first-order chi connectivity index (χ1) is 12.2. The van der Waals surface area contributed by atoms with Crippen molar-refractivity contribution in [3.05, 3.63) is 77.5 Å². The molecule has 130 valence electrons. The van der Waals surface area contributed by atoms with E-state index in [9.17, 15) is 0 Å². The van der Waals surface area contributed by atoms with Crippen LogP contribution in [0.25, 0.3) is 0 Å². The molecule has 1 aromatic heterocycles. The lowest BCUT2D eigenvalue weighted by molar-refractivity contribution is 0.269. The van der Waals surface area contributed by atoms with E-state index in [0.717, 1.165) is 23.4 Å². The molecule has 0 radical (unpaired) electrons. The quantitative estimate of drug-likeness (QED) is 0.627. The molecule has 0 aliphatic rings. The van der Waals surface area contributed by atoms with E-state index in [-0.39, 0.29) is 0 Å². The second kappa shape index (κ2) is 8.44. The van der Waals surface area contributed by atoms with E-state index in [2.05, 4.69) is 33.3 Å². The van der Waals surface area contributed by atoms with Gasteiger partial charge < -0.3 is 9.15 Å². The zero-order valence-corrected chi connectivity index (χ0v) is 14.7. The first-order valence-corrected chi connectivity index (χ1v) is 8.49. The van der Waals surface area contributed by atoms with Crippen LogP contribution < -0.4 is 4.74 Å². The van der Waals surface area contributed by atoms with Crippen LogP contribution in [0.4, 0.5) is 0 Å². The zero-order valence-electron chi connectivity index (χ0n) is 14.7. The van der Waals surface area contributed by atoms with E-state index < -0.39 is 0 Å². The molecule has 25 heavy (non-hydrogen) atoms. The van der Waals surface area contributed by atoms with Gasteiger partial charge in [0.1, 0.15) is 5.75 Å². The molecular weight excluding hydrogens is 314 g/mol. The lowest BCUT2D eigenvalue weighted by Crippen LogP contribution is -2.18. The number of hydrogen-bond acceptors (Lipinski definition) is 5. The van der Waals surface area contributed by atoms with Crippen molar-refractivity contribution in [2.24, 2.45) is 0 Å². The minimum Gasteiger partial charge on any atom is -0.494 e. The second-order valence-corrected chi connectivity index (χ2v) is 5.96. The number of aromatic nitrogens is 2. The molecule has 2 aromatic carbocycles. The van der Waals surface area contributed by atoms with Crippen molar-refractivity contribution in [1.29, 1.82) is 0 Å². The normalized spacial score (nSPS) is 11.0. The van der Waals surface area contributed by atoms with Gasteiger partial charge in [0.05, 0.1) is 19.6 Å². The van der Waals surface area contributed by atoms with E-state index >= 15 is 0 Å². The fraction of sp³-hybridized carbons (Fsp3) is 0.300. The average molecular weight is 337 g/mol. The first-order valence-electron chi connectivity index (χ1n) is 8.49. The first kappa shape index (κ1) is 17.2. The minimum atomic E-state index is 0.599. The molecule has 0 aliphatic carbocycles. The van der Waals surface area contributed by atoms with Crippen molar-refractivity contribution in [1.82, 2.24) is 15.1 Å². The molecule has 0 atom stereocenters. The van der Waals surface area contributed by atoms with Gasteiger partial charge >= 0.3 is 0 Å². The monoisotopic (exact) mass is 337 g/mol. The van der Waals surface area contributed by atoms with Gasteiger partial charge in [-0.2, -0.15) is 0 Å².